The summed E-state index contributed by atoms with van der Waals surface area (Å²) in [6.45, 7) is 6.33. The van der Waals surface area contributed by atoms with Gasteiger partial charge >= 0.3 is 17.9 Å². The number of hydrogen-bond acceptors (Lipinski definition) is 6. The van der Waals surface area contributed by atoms with Crippen molar-refractivity contribution in [3.05, 3.63) is 146 Å². The number of hydrogen-bond donors (Lipinski definition) is 0. The molecule has 0 radical (unpaired) electrons. The van der Waals surface area contributed by atoms with Crippen LogP contribution in [-0.2, 0) is 28.6 Å². The number of carbonyl (C=O) groups is 3. The molecular weight excluding hydrogens is 937 g/mol. The number of unbranched alkanes of at least 4 members (excludes halogenated alkanes) is 19. The molecule has 428 valence electrons. The van der Waals surface area contributed by atoms with E-state index >= 15 is 0 Å². The molecule has 0 spiro atoms. The first kappa shape index (κ1) is 71.3. The lowest BCUT2D eigenvalue weighted by Crippen LogP contribution is -2.30. The molecule has 0 aliphatic rings. The van der Waals surface area contributed by atoms with Gasteiger partial charge in [-0.05, 0) is 122 Å². The van der Waals surface area contributed by atoms with E-state index in [4.69, 9.17) is 14.2 Å². The Kier molecular flexibility index (Phi) is 58.9. The Balaban J connectivity index is 4.15. The SMILES string of the molecule is CC/C=C\C/C=C\C/C=C\C/C=C\C/C=C\C/C=C\C/C=C\C/C=C\CCCCCCCCCCC(=O)OCC(COC(=O)CCCCCCCC)OC(=O)CCCCCCCC/C=C\C/C=C\C/C=C\C/C=C\CC. The highest BCUT2D eigenvalue weighted by Gasteiger charge is 2.19. The van der Waals surface area contributed by atoms with Gasteiger partial charge in [-0.1, -0.05) is 263 Å². The Morgan fingerprint density at radius 1 is 0.276 bits per heavy atom. The first-order valence-corrected chi connectivity index (χ1v) is 30.8. The van der Waals surface area contributed by atoms with Gasteiger partial charge in [0.25, 0.3) is 0 Å². The third-order valence-corrected chi connectivity index (χ3v) is 12.6. The lowest BCUT2D eigenvalue weighted by molar-refractivity contribution is -0.167. The predicted octanol–water partition coefficient (Wildman–Crippen LogP) is 21.2. The molecule has 0 aromatic carbocycles. The molecule has 1 atom stereocenters. The van der Waals surface area contributed by atoms with E-state index in [0.717, 1.165) is 154 Å². The van der Waals surface area contributed by atoms with E-state index in [1.165, 1.54) is 64.2 Å². The lowest BCUT2D eigenvalue weighted by atomic mass is 10.1. The van der Waals surface area contributed by atoms with Crippen LogP contribution in [0, 0.1) is 0 Å². The fourth-order valence-electron chi connectivity index (χ4n) is 8.04. The Labute approximate surface area is 467 Å². The Morgan fingerprint density at radius 2 is 0.513 bits per heavy atom. The van der Waals surface area contributed by atoms with E-state index in [-0.39, 0.29) is 31.1 Å². The summed E-state index contributed by atoms with van der Waals surface area (Å²) in [5.41, 5.74) is 0. The Bertz CT molecular complexity index is 1680. The fourth-order valence-corrected chi connectivity index (χ4v) is 8.04. The van der Waals surface area contributed by atoms with Crippen LogP contribution in [0.3, 0.4) is 0 Å². The van der Waals surface area contributed by atoms with Crippen molar-refractivity contribution in [2.75, 3.05) is 13.2 Å². The molecule has 1 unspecified atom stereocenters. The van der Waals surface area contributed by atoms with Crippen molar-refractivity contribution < 1.29 is 28.6 Å². The molecule has 0 aromatic heterocycles. The molecule has 6 nitrogen and oxygen atoms in total. The summed E-state index contributed by atoms with van der Waals surface area (Å²) in [4.78, 5) is 38.0. The molecule has 0 rings (SSSR count). The van der Waals surface area contributed by atoms with Gasteiger partial charge in [0.15, 0.2) is 6.10 Å². The van der Waals surface area contributed by atoms with E-state index < -0.39 is 6.10 Å². The summed E-state index contributed by atoms with van der Waals surface area (Å²) < 4.78 is 16.8. The summed E-state index contributed by atoms with van der Waals surface area (Å²) in [6.07, 6.45) is 90.2. The summed E-state index contributed by atoms with van der Waals surface area (Å²) in [5, 5.41) is 0. The van der Waals surface area contributed by atoms with Crippen molar-refractivity contribution in [1.82, 2.24) is 0 Å². The molecule has 76 heavy (non-hydrogen) atoms. The van der Waals surface area contributed by atoms with E-state index in [9.17, 15) is 14.4 Å². The zero-order valence-electron chi connectivity index (χ0n) is 49.0. The second-order valence-corrected chi connectivity index (χ2v) is 19.9. The molecule has 0 heterocycles. The average molecular weight is 1050 g/mol. The minimum absolute atomic E-state index is 0.0904. The molecule has 0 aromatic rings. The second kappa shape index (κ2) is 62.8. The van der Waals surface area contributed by atoms with Crippen LogP contribution in [-0.4, -0.2) is 37.2 Å². The van der Waals surface area contributed by atoms with Crippen molar-refractivity contribution >= 4 is 17.9 Å². The average Bonchev–Trinajstić information content (AvgIpc) is 3.42. The number of esters is 3. The highest BCUT2D eigenvalue weighted by Crippen LogP contribution is 2.14. The molecule has 0 fully saturated rings. The third-order valence-electron chi connectivity index (χ3n) is 12.6. The van der Waals surface area contributed by atoms with Crippen molar-refractivity contribution in [2.24, 2.45) is 0 Å². The topological polar surface area (TPSA) is 78.9 Å². The number of ether oxygens (including phenoxy) is 3. The first-order valence-electron chi connectivity index (χ1n) is 30.8. The quantitative estimate of drug-likeness (QED) is 0.0261. The van der Waals surface area contributed by atoms with Gasteiger partial charge < -0.3 is 14.2 Å². The maximum absolute atomic E-state index is 12.8. The smallest absolute Gasteiger partial charge is 0.306 e. The first-order chi connectivity index (χ1) is 37.5. The molecule has 6 heteroatoms. The maximum atomic E-state index is 12.8. The largest absolute Gasteiger partial charge is 0.462 e. The monoisotopic (exact) mass is 1050 g/mol. The van der Waals surface area contributed by atoms with Crippen LogP contribution in [0.2, 0.25) is 0 Å². The molecule has 0 amide bonds. The predicted molar refractivity (Wildman–Crippen MR) is 329 cm³/mol. The van der Waals surface area contributed by atoms with Crippen LogP contribution in [0.15, 0.2) is 146 Å². The summed E-state index contributed by atoms with van der Waals surface area (Å²) >= 11 is 0. The zero-order valence-corrected chi connectivity index (χ0v) is 49.0. The third kappa shape index (κ3) is 60.2. The molecule has 0 saturated heterocycles. The summed E-state index contributed by atoms with van der Waals surface area (Å²) in [7, 11) is 0. The van der Waals surface area contributed by atoms with Crippen LogP contribution in [0.1, 0.15) is 258 Å². The Morgan fingerprint density at radius 3 is 0.803 bits per heavy atom. The van der Waals surface area contributed by atoms with Crippen LogP contribution in [0.5, 0.6) is 0 Å². The normalized spacial score (nSPS) is 13.1. The molecule has 0 aliphatic carbocycles. The Hall–Kier alpha value is -4.71. The van der Waals surface area contributed by atoms with Gasteiger partial charge in [0, 0.05) is 19.3 Å². The van der Waals surface area contributed by atoms with Crippen LogP contribution >= 0.6 is 0 Å². The fraction of sp³-hybridized carbons (Fsp3) is 0.614. The van der Waals surface area contributed by atoms with Gasteiger partial charge in [-0.2, -0.15) is 0 Å². The van der Waals surface area contributed by atoms with Gasteiger partial charge in [-0.15, -0.1) is 0 Å². The van der Waals surface area contributed by atoms with Gasteiger partial charge in [0.2, 0.25) is 0 Å². The number of rotatable bonds is 54. The molecule has 0 saturated carbocycles. The van der Waals surface area contributed by atoms with E-state index in [0.29, 0.717) is 19.3 Å². The zero-order chi connectivity index (χ0) is 55.0. The highest BCUT2D eigenvalue weighted by atomic mass is 16.6. The van der Waals surface area contributed by atoms with Gasteiger partial charge in [0.1, 0.15) is 13.2 Å². The summed E-state index contributed by atoms with van der Waals surface area (Å²) in [6, 6.07) is 0. The van der Waals surface area contributed by atoms with Gasteiger partial charge in [-0.3, -0.25) is 14.4 Å². The molecule has 0 N–H and O–H groups in total. The van der Waals surface area contributed by atoms with Crippen molar-refractivity contribution in [1.29, 1.82) is 0 Å². The van der Waals surface area contributed by atoms with E-state index in [1.807, 2.05) is 0 Å². The maximum Gasteiger partial charge on any atom is 0.306 e. The standard InChI is InChI=1S/C70H112O6/c1-4-7-10-13-16-18-20-22-24-26-28-29-30-31-32-33-34-35-36-37-38-39-40-41-43-44-46-48-50-52-54-57-60-63-69(72)75-66-67(65-74-68(71)62-59-56-15-12-9-6-3)76-70(73)64-61-58-55-53-51-49-47-45-42-27-25-23-21-19-17-14-11-8-5-2/h7-8,10-11,16-19,22-25,28-29,31-32,34-35,37-38,40-42,45,67H,4-6,9,12-15,20-21,26-27,30,33,36,39,43-44,46-66H2,1-3H3/b10-7-,11-8-,18-16-,19-17-,24-22-,25-23-,29-28-,32-31-,35-34-,38-37-,41-40-,45-42-. The minimum Gasteiger partial charge on any atom is -0.462 e. The van der Waals surface area contributed by atoms with Crippen molar-refractivity contribution in [3.8, 4) is 0 Å². The van der Waals surface area contributed by atoms with E-state index in [1.54, 1.807) is 0 Å². The highest BCUT2D eigenvalue weighted by molar-refractivity contribution is 5.71. The lowest BCUT2D eigenvalue weighted by Gasteiger charge is -2.18. The molecule has 0 aliphatic heterocycles. The second-order valence-electron chi connectivity index (χ2n) is 19.9. The minimum atomic E-state index is -0.791. The van der Waals surface area contributed by atoms with Crippen molar-refractivity contribution in [2.45, 2.75) is 264 Å². The summed E-state index contributed by atoms with van der Waals surface area (Å²) in [5.74, 6) is -0.927. The van der Waals surface area contributed by atoms with E-state index in [2.05, 4.69) is 167 Å². The van der Waals surface area contributed by atoms with Crippen LogP contribution < -0.4 is 0 Å². The van der Waals surface area contributed by atoms with Gasteiger partial charge in [-0.25, -0.2) is 0 Å². The van der Waals surface area contributed by atoms with Gasteiger partial charge in [0.05, 0.1) is 0 Å². The molecule has 0 bridgehead atoms. The molecular formula is C70H112O6. The number of allylic oxidation sites excluding steroid dienone is 24. The van der Waals surface area contributed by atoms with Crippen LogP contribution in [0.4, 0.5) is 0 Å². The van der Waals surface area contributed by atoms with Crippen molar-refractivity contribution in [3.63, 3.8) is 0 Å². The van der Waals surface area contributed by atoms with Crippen LogP contribution in [0.25, 0.3) is 0 Å². The number of carbonyl (C=O) groups excluding carboxylic acids is 3.